The fourth-order valence-corrected chi connectivity index (χ4v) is 2.62. The Bertz CT molecular complexity index is 987. The Morgan fingerprint density at radius 1 is 0.929 bits per heavy atom. The highest BCUT2D eigenvalue weighted by Gasteiger charge is 2.35. The van der Waals surface area contributed by atoms with Crippen molar-refractivity contribution >= 4 is 27.5 Å². The van der Waals surface area contributed by atoms with E-state index in [1.54, 1.807) is 12.1 Å². The Morgan fingerprint density at radius 3 is 2.18 bits per heavy atom. The monoisotopic (exact) mass is 453 g/mol. The molecule has 28 heavy (non-hydrogen) atoms. The highest BCUT2D eigenvalue weighted by molar-refractivity contribution is 9.10. The SMILES string of the molecule is O=C(Nc1ccc(Oc2ccc(F)cc2)c(C(F)(F)F)c1)c1ccc(Br)cc1. The number of carbonyl (C=O) groups is 1. The molecule has 0 bridgehead atoms. The molecule has 0 heterocycles. The Kier molecular flexibility index (Phi) is 5.69. The molecule has 0 unspecified atom stereocenters. The van der Waals surface area contributed by atoms with Crippen LogP contribution in [0, 0.1) is 5.82 Å². The van der Waals surface area contributed by atoms with Gasteiger partial charge in [0.05, 0.1) is 0 Å². The smallest absolute Gasteiger partial charge is 0.420 e. The van der Waals surface area contributed by atoms with Crippen LogP contribution >= 0.6 is 15.9 Å². The average molecular weight is 454 g/mol. The summed E-state index contributed by atoms with van der Waals surface area (Å²) in [4.78, 5) is 12.2. The highest BCUT2D eigenvalue weighted by Crippen LogP contribution is 2.39. The van der Waals surface area contributed by atoms with Crippen LogP contribution in [0.4, 0.5) is 23.2 Å². The minimum absolute atomic E-state index is 0.0355. The van der Waals surface area contributed by atoms with Crippen molar-refractivity contribution in [3.8, 4) is 11.5 Å². The van der Waals surface area contributed by atoms with Gasteiger partial charge in [0.2, 0.25) is 0 Å². The Hall–Kier alpha value is -2.87. The fourth-order valence-electron chi connectivity index (χ4n) is 2.35. The second-order valence-electron chi connectivity index (χ2n) is 5.73. The Balaban J connectivity index is 1.86. The minimum atomic E-state index is -4.71. The molecule has 0 aromatic heterocycles. The van der Waals surface area contributed by atoms with Crippen LogP contribution in [0.25, 0.3) is 0 Å². The lowest BCUT2D eigenvalue weighted by atomic mass is 10.1. The predicted octanol–water partition coefficient (Wildman–Crippen LogP) is 6.65. The molecule has 0 fully saturated rings. The van der Waals surface area contributed by atoms with Crippen LogP contribution in [0.2, 0.25) is 0 Å². The number of rotatable bonds is 4. The van der Waals surface area contributed by atoms with Gasteiger partial charge in [-0.25, -0.2) is 4.39 Å². The van der Waals surface area contributed by atoms with Crippen LogP contribution in [0.1, 0.15) is 15.9 Å². The molecule has 0 saturated heterocycles. The van der Waals surface area contributed by atoms with E-state index in [1.807, 2.05) is 0 Å². The number of benzene rings is 3. The molecule has 0 aliphatic rings. The van der Waals surface area contributed by atoms with Crippen molar-refractivity contribution in [3.05, 3.63) is 88.1 Å². The van der Waals surface area contributed by atoms with Crippen LogP contribution < -0.4 is 10.1 Å². The van der Waals surface area contributed by atoms with Crippen molar-refractivity contribution in [2.45, 2.75) is 6.18 Å². The maximum atomic E-state index is 13.4. The molecule has 3 aromatic rings. The molecular formula is C20H12BrF4NO2. The summed E-state index contributed by atoms with van der Waals surface area (Å²) in [6.07, 6.45) is -4.71. The summed E-state index contributed by atoms with van der Waals surface area (Å²) in [7, 11) is 0. The molecule has 1 amide bonds. The zero-order chi connectivity index (χ0) is 20.3. The summed E-state index contributed by atoms with van der Waals surface area (Å²) in [6, 6.07) is 14.2. The van der Waals surface area contributed by atoms with Gasteiger partial charge in [0.15, 0.2) is 0 Å². The van der Waals surface area contributed by atoms with E-state index >= 15 is 0 Å². The van der Waals surface area contributed by atoms with E-state index in [4.69, 9.17) is 4.74 Å². The van der Waals surface area contributed by atoms with E-state index in [-0.39, 0.29) is 11.4 Å². The summed E-state index contributed by atoms with van der Waals surface area (Å²) < 4.78 is 59.3. The van der Waals surface area contributed by atoms with Crippen LogP contribution in [0.3, 0.4) is 0 Å². The number of nitrogens with one attached hydrogen (secondary N) is 1. The van der Waals surface area contributed by atoms with Gasteiger partial charge in [0.1, 0.15) is 22.9 Å². The van der Waals surface area contributed by atoms with Crippen LogP contribution in [0.15, 0.2) is 71.2 Å². The lowest BCUT2D eigenvalue weighted by Crippen LogP contribution is -2.13. The molecule has 0 radical (unpaired) electrons. The van der Waals surface area contributed by atoms with Crippen molar-refractivity contribution in [1.29, 1.82) is 0 Å². The number of hydrogen-bond acceptors (Lipinski definition) is 2. The summed E-state index contributed by atoms with van der Waals surface area (Å²) in [5, 5.41) is 2.43. The first kappa shape index (κ1) is 19.9. The van der Waals surface area contributed by atoms with Gasteiger partial charge < -0.3 is 10.1 Å². The van der Waals surface area contributed by atoms with Gasteiger partial charge in [0, 0.05) is 15.7 Å². The van der Waals surface area contributed by atoms with Gasteiger partial charge in [-0.15, -0.1) is 0 Å². The quantitative estimate of drug-likeness (QED) is 0.449. The normalized spacial score (nSPS) is 11.2. The van der Waals surface area contributed by atoms with Gasteiger partial charge in [-0.05, 0) is 66.7 Å². The maximum absolute atomic E-state index is 13.4. The number of amides is 1. The van der Waals surface area contributed by atoms with E-state index < -0.39 is 29.2 Å². The van der Waals surface area contributed by atoms with Crippen LogP contribution in [-0.4, -0.2) is 5.91 Å². The topological polar surface area (TPSA) is 38.3 Å². The first-order chi connectivity index (χ1) is 13.2. The van der Waals surface area contributed by atoms with Crippen molar-refractivity contribution < 1.29 is 27.1 Å². The molecule has 1 N–H and O–H groups in total. The molecule has 144 valence electrons. The second-order valence-corrected chi connectivity index (χ2v) is 6.64. The molecule has 3 rings (SSSR count). The van der Waals surface area contributed by atoms with Crippen molar-refractivity contribution in [2.24, 2.45) is 0 Å². The van der Waals surface area contributed by atoms with E-state index in [0.717, 1.165) is 28.7 Å². The number of alkyl halides is 3. The third kappa shape index (κ3) is 4.89. The number of ether oxygens (including phenoxy) is 1. The fraction of sp³-hybridized carbons (Fsp3) is 0.0500. The Morgan fingerprint density at radius 2 is 1.57 bits per heavy atom. The van der Waals surface area contributed by atoms with E-state index in [0.29, 0.717) is 5.56 Å². The summed E-state index contributed by atoms with van der Waals surface area (Å²) in [5.41, 5.74) is -0.805. The van der Waals surface area contributed by atoms with Crippen molar-refractivity contribution in [1.82, 2.24) is 0 Å². The number of carbonyl (C=O) groups excluding carboxylic acids is 1. The summed E-state index contributed by atoms with van der Waals surface area (Å²) in [5.74, 6) is -1.48. The molecule has 0 aliphatic carbocycles. The second kappa shape index (κ2) is 8.02. The molecule has 0 saturated carbocycles. The van der Waals surface area contributed by atoms with Crippen LogP contribution in [0.5, 0.6) is 11.5 Å². The Labute approximate surface area is 166 Å². The molecule has 3 nitrogen and oxygen atoms in total. The molecule has 3 aromatic carbocycles. The van der Waals surface area contributed by atoms with Gasteiger partial charge in [0.25, 0.3) is 5.91 Å². The van der Waals surface area contributed by atoms with Crippen molar-refractivity contribution in [3.63, 3.8) is 0 Å². The third-order valence-electron chi connectivity index (χ3n) is 3.69. The maximum Gasteiger partial charge on any atom is 0.420 e. The zero-order valence-electron chi connectivity index (χ0n) is 14.1. The summed E-state index contributed by atoms with van der Waals surface area (Å²) >= 11 is 3.24. The van der Waals surface area contributed by atoms with Gasteiger partial charge >= 0.3 is 6.18 Å². The van der Waals surface area contributed by atoms with E-state index in [1.165, 1.54) is 30.3 Å². The molecule has 0 aliphatic heterocycles. The highest BCUT2D eigenvalue weighted by atomic mass is 79.9. The molecular weight excluding hydrogens is 442 g/mol. The standard InChI is InChI=1S/C20H12BrF4NO2/c21-13-3-1-12(2-4-13)19(27)26-15-7-10-18(17(11-15)20(23,24)25)28-16-8-5-14(22)6-9-16/h1-11H,(H,26,27). The largest absolute Gasteiger partial charge is 0.457 e. The van der Waals surface area contributed by atoms with Gasteiger partial charge in [-0.1, -0.05) is 15.9 Å². The number of hydrogen-bond donors (Lipinski definition) is 1. The van der Waals surface area contributed by atoms with Gasteiger partial charge in [-0.3, -0.25) is 4.79 Å². The predicted molar refractivity (Wildman–Crippen MR) is 100 cm³/mol. The first-order valence-electron chi connectivity index (χ1n) is 7.94. The zero-order valence-corrected chi connectivity index (χ0v) is 15.6. The van der Waals surface area contributed by atoms with E-state index in [9.17, 15) is 22.4 Å². The number of halogens is 5. The molecule has 0 atom stereocenters. The lowest BCUT2D eigenvalue weighted by Gasteiger charge is -2.15. The molecule has 0 spiro atoms. The minimum Gasteiger partial charge on any atom is -0.457 e. The third-order valence-corrected chi connectivity index (χ3v) is 4.22. The van der Waals surface area contributed by atoms with Crippen LogP contribution in [-0.2, 0) is 6.18 Å². The first-order valence-corrected chi connectivity index (χ1v) is 8.73. The van der Waals surface area contributed by atoms with E-state index in [2.05, 4.69) is 21.2 Å². The summed E-state index contributed by atoms with van der Waals surface area (Å²) in [6.45, 7) is 0. The van der Waals surface area contributed by atoms with Gasteiger partial charge in [-0.2, -0.15) is 13.2 Å². The lowest BCUT2D eigenvalue weighted by molar-refractivity contribution is -0.138. The number of anilines is 1. The average Bonchev–Trinajstić information content (AvgIpc) is 2.64. The van der Waals surface area contributed by atoms with Crippen molar-refractivity contribution in [2.75, 3.05) is 5.32 Å². The molecule has 8 heteroatoms.